The predicted octanol–water partition coefficient (Wildman–Crippen LogP) is 2.87. The van der Waals surface area contributed by atoms with Crippen molar-refractivity contribution in [1.29, 1.82) is 0 Å². The van der Waals surface area contributed by atoms with Gasteiger partial charge in [0.25, 0.3) is 0 Å². The zero-order valence-corrected chi connectivity index (χ0v) is 17.4. The van der Waals surface area contributed by atoms with E-state index in [9.17, 15) is 19.5 Å². The van der Waals surface area contributed by atoms with Crippen molar-refractivity contribution in [2.24, 2.45) is 23.7 Å². The number of aliphatic carboxylic acids is 1. The van der Waals surface area contributed by atoms with E-state index in [4.69, 9.17) is 14.6 Å². The van der Waals surface area contributed by atoms with Gasteiger partial charge in [0.05, 0.1) is 31.5 Å². The lowest BCUT2D eigenvalue weighted by molar-refractivity contribution is -0.160. The van der Waals surface area contributed by atoms with Crippen LogP contribution >= 0.6 is 0 Å². The first-order valence-electron chi connectivity index (χ1n) is 10.4. The average Bonchev–Trinajstić information content (AvgIpc) is 2.66. The van der Waals surface area contributed by atoms with E-state index in [1.165, 1.54) is 0 Å². The summed E-state index contributed by atoms with van der Waals surface area (Å²) in [6.07, 6.45) is 6.18. The van der Waals surface area contributed by atoms with Gasteiger partial charge in [-0.2, -0.15) is 0 Å². The number of esters is 2. The maximum Gasteiger partial charge on any atom is 0.308 e. The summed E-state index contributed by atoms with van der Waals surface area (Å²) in [6.45, 7) is 5.97. The summed E-state index contributed by atoms with van der Waals surface area (Å²) in [6, 6.07) is 0. The molecule has 0 aromatic carbocycles. The molecule has 0 aromatic heterocycles. The van der Waals surface area contributed by atoms with E-state index in [1.54, 1.807) is 0 Å². The molecule has 2 aliphatic carbocycles. The maximum atomic E-state index is 12.4. The van der Waals surface area contributed by atoms with Crippen molar-refractivity contribution in [3.05, 3.63) is 23.8 Å². The van der Waals surface area contributed by atoms with Gasteiger partial charge in [0.15, 0.2) is 0 Å². The quantitative estimate of drug-likeness (QED) is 0.565. The Morgan fingerprint density at radius 1 is 1.28 bits per heavy atom. The van der Waals surface area contributed by atoms with Crippen LogP contribution in [0.25, 0.3) is 0 Å². The fraction of sp³-hybridized carbons (Fsp3) is 0.682. The van der Waals surface area contributed by atoms with E-state index in [0.29, 0.717) is 0 Å². The first kappa shape index (κ1) is 23.1. The third-order valence-electron chi connectivity index (χ3n) is 5.88. The zero-order chi connectivity index (χ0) is 21.6. The molecule has 0 spiro atoms. The van der Waals surface area contributed by atoms with Gasteiger partial charge in [-0.05, 0) is 30.8 Å². The summed E-state index contributed by atoms with van der Waals surface area (Å²) in [5.41, 5.74) is 1.10. The van der Waals surface area contributed by atoms with Crippen LogP contribution in [0, 0.1) is 23.7 Å². The Morgan fingerprint density at radius 2 is 2.00 bits per heavy atom. The van der Waals surface area contributed by atoms with Crippen LogP contribution in [0.15, 0.2) is 23.8 Å². The van der Waals surface area contributed by atoms with Gasteiger partial charge in [-0.1, -0.05) is 39.0 Å². The molecular formula is C22H32O7. The standard InChI is InChI=1S/C22H32O7/c1-4-13(2)22(27)29-18-7-5-6-15-9-8-14(3)17(21(15)18)12-28-20(26)11-16(23)10-19(24)25/h6,8-9,13-14,16-18,21,23H,4-5,7,10-12H2,1-3H3,(H,24,25)/t13-,14+,16-,17+,18+,21+/m0/s1. The molecule has 0 radical (unpaired) electrons. The van der Waals surface area contributed by atoms with E-state index in [2.05, 4.69) is 18.2 Å². The molecule has 0 heterocycles. The molecule has 0 bridgehead atoms. The number of carboxylic acid groups (broad SMARTS) is 1. The average molecular weight is 408 g/mol. The normalized spacial score (nSPS) is 27.9. The number of aliphatic hydroxyl groups is 1. The van der Waals surface area contributed by atoms with Gasteiger partial charge in [-0.15, -0.1) is 0 Å². The summed E-state index contributed by atoms with van der Waals surface area (Å²) < 4.78 is 11.2. The molecule has 0 aromatic rings. The van der Waals surface area contributed by atoms with E-state index in [-0.39, 0.29) is 48.8 Å². The largest absolute Gasteiger partial charge is 0.481 e. The highest BCUT2D eigenvalue weighted by molar-refractivity contribution is 5.73. The molecule has 2 N–H and O–H groups in total. The predicted molar refractivity (Wildman–Crippen MR) is 106 cm³/mol. The lowest BCUT2D eigenvalue weighted by atomic mass is 9.68. The lowest BCUT2D eigenvalue weighted by Crippen LogP contribution is -2.42. The number of fused-ring (bicyclic) bond motifs is 1. The molecule has 2 aliphatic rings. The van der Waals surface area contributed by atoms with Crippen molar-refractivity contribution in [2.45, 2.75) is 65.1 Å². The molecule has 162 valence electrons. The number of hydrogen-bond acceptors (Lipinski definition) is 6. The number of ether oxygens (including phenoxy) is 2. The molecule has 6 atom stereocenters. The number of hydrogen-bond donors (Lipinski definition) is 2. The zero-order valence-electron chi connectivity index (χ0n) is 17.4. The van der Waals surface area contributed by atoms with Crippen LogP contribution in [0.4, 0.5) is 0 Å². The summed E-state index contributed by atoms with van der Waals surface area (Å²) in [5, 5.41) is 18.3. The van der Waals surface area contributed by atoms with E-state index < -0.39 is 24.5 Å². The van der Waals surface area contributed by atoms with Gasteiger partial charge in [0, 0.05) is 11.8 Å². The van der Waals surface area contributed by atoms with Gasteiger partial charge in [0.1, 0.15) is 6.10 Å². The maximum absolute atomic E-state index is 12.4. The highest BCUT2D eigenvalue weighted by Crippen LogP contribution is 2.41. The van der Waals surface area contributed by atoms with Gasteiger partial charge in [-0.3, -0.25) is 14.4 Å². The SMILES string of the molecule is CC[C@H](C)C(=O)O[C@@H]1CCC=C2C=C[C@@H](C)[C@@H](COC(=O)C[C@@H](O)CC(=O)O)[C@@H]21. The van der Waals surface area contributed by atoms with Gasteiger partial charge >= 0.3 is 17.9 Å². The molecule has 0 fully saturated rings. The third-order valence-corrected chi connectivity index (χ3v) is 5.88. The minimum atomic E-state index is -1.27. The number of allylic oxidation sites excluding steroid dienone is 3. The van der Waals surface area contributed by atoms with Crippen LogP contribution < -0.4 is 0 Å². The summed E-state index contributed by atoms with van der Waals surface area (Å²) in [5.74, 6) is -2.14. The number of carbonyl (C=O) groups excluding carboxylic acids is 2. The molecule has 2 rings (SSSR count). The van der Waals surface area contributed by atoms with Crippen LogP contribution in [0.3, 0.4) is 0 Å². The Morgan fingerprint density at radius 3 is 2.66 bits per heavy atom. The van der Waals surface area contributed by atoms with Crippen LogP contribution in [0.2, 0.25) is 0 Å². The smallest absolute Gasteiger partial charge is 0.308 e. The Kier molecular flexibility index (Phi) is 8.44. The van der Waals surface area contributed by atoms with Crippen molar-refractivity contribution in [3.63, 3.8) is 0 Å². The van der Waals surface area contributed by atoms with Crippen molar-refractivity contribution < 1.29 is 34.1 Å². The second kappa shape index (κ2) is 10.6. The summed E-state index contributed by atoms with van der Waals surface area (Å²) in [4.78, 5) is 35.0. The number of aliphatic hydroxyl groups excluding tert-OH is 1. The second-order valence-electron chi connectivity index (χ2n) is 8.11. The first-order valence-corrected chi connectivity index (χ1v) is 10.4. The molecule has 7 heteroatoms. The molecule has 0 aliphatic heterocycles. The molecule has 0 saturated heterocycles. The topological polar surface area (TPSA) is 110 Å². The number of carbonyl (C=O) groups is 3. The second-order valence-corrected chi connectivity index (χ2v) is 8.11. The van der Waals surface area contributed by atoms with E-state index in [0.717, 1.165) is 24.8 Å². The van der Waals surface area contributed by atoms with Gasteiger partial charge < -0.3 is 19.7 Å². The Labute approximate surface area is 171 Å². The first-order chi connectivity index (χ1) is 13.7. The monoisotopic (exact) mass is 408 g/mol. The van der Waals surface area contributed by atoms with E-state index >= 15 is 0 Å². The molecule has 0 saturated carbocycles. The Hall–Kier alpha value is -2.15. The molecular weight excluding hydrogens is 376 g/mol. The molecule has 0 unspecified atom stereocenters. The van der Waals surface area contributed by atoms with Gasteiger partial charge in [-0.25, -0.2) is 0 Å². The summed E-state index contributed by atoms with van der Waals surface area (Å²) in [7, 11) is 0. The van der Waals surface area contributed by atoms with Crippen molar-refractivity contribution >= 4 is 17.9 Å². The van der Waals surface area contributed by atoms with Crippen LogP contribution in [0.5, 0.6) is 0 Å². The van der Waals surface area contributed by atoms with Crippen LogP contribution in [-0.4, -0.2) is 46.9 Å². The van der Waals surface area contributed by atoms with Crippen molar-refractivity contribution in [1.82, 2.24) is 0 Å². The molecule has 7 nitrogen and oxygen atoms in total. The highest BCUT2D eigenvalue weighted by Gasteiger charge is 2.41. The molecule has 0 amide bonds. The van der Waals surface area contributed by atoms with Crippen molar-refractivity contribution in [3.8, 4) is 0 Å². The minimum Gasteiger partial charge on any atom is -0.481 e. The van der Waals surface area contributed by atoms with Crippen LogP contribution in [-0.2, 0) is 23.9 Å². The van der Waals surface area contributed by atoms with Crippen molar-refractivity contribution in [2.75, 3.05) is 6.61 Å². The molecule has 29 heavy (non-hydrogen) atoms. The number of carboxylic acids is 1. The van der Waals surface area contributed by atoms with Gasteiger partial charge in [0.2, 0.25) is 0 Å². The lowest BCUT2D eigenvalue weighted by Gasteiger charge is -2.41. The third kappa shape index (κ3) is 6.42. The number of rotatable bonds is 9. The fourth-order valence-electron chi connectivity index (χ4n) is 3.91. The summed E-state index contributed by atoms with van der Waals surface area (Å²) >= 11 is 0. The highest BCUT2D eigenvalue weighted by atomic mass is 16.5. The van der Waals surface area contributed by atoms with Crippen LogP contribution in [0.1, 0.15) is 52.9 Å². The Bertz CT molecular complexity index is 666. The minimum absolute atomic E-state index is 0.0477. The van der Waals surface area contributed by atoms with E-state index in [1.807, 2.05) is 20.8 Å². The Balaban J connectivity index is 2.04. The fourth-order valence-corrected chi connectivity index (χ4v) is 3.91.